The molecule has 8 heteroatoms. The number of hydrogen-bond acceptors (Lipinski definition) is 6. The van der Waals surface area contributed by atoms with Crippen LogP contribution in [0.15, 0.2) is 12.5 Å². The van der Waals surface area contributed by atoms with Crippen molar-refractivity contribution in [3.63, 3.8) is 0 Å². The summed E-state index contributed by atoms with van der Waals surface area (Å²) < 4.78 is 7.07. The average Bonchev–Trinajstić information content (AvgIpc) is 3.24. The molecule has 1 fully saturated rings. The summed E-state index contributed by atoms with van der Waals surface area (Å²) in [7, 11) is 0. The lowest BCUT2D eigenvalue weighted by Gasteiger charge is -2.40. The minimum absolute atomic E-state index is 0.0523. The van der Waals surface area contributed by atoms with E-state index in [-0.39, 0.29) is 11.3 Å². The van der Waals surface area contributed by atoms with E-state index in [2.05, 4.69) is 26.8 Å². The average molecular weight is 362 g/mol. The third kappa shape index (κ3) is 2.57. The lowest BCUT2D eigenvalue weighted by Crippen LogP contribution is -2.41. The number of esters is 1. The molecule has 1 atom stereocenters. The van der Waals surface area contributed by atoms with Gasteiger partial charge in [-0.25, -0.2) is 14.8 Å². The summed E-state index contributed by atoms with van der Waals surface area (Å²) in [6, 6.07) is 0.321. The van der Waals surface area contributed by atoms with Crippen molar-refractivity contribution in [3.05, 3.63) is 29.2 Å². The van der Waals surface area contributed by atoms with E-state index in [4.69, 9.17) is 16.3 Å². The molecule has 1 aliphatic heterocycles. The summed E-state index contributed by atoms with van der Waals surface area (Å²) in [5.74, 6) is 0.410. The molecule has 1 aliphatic carbocycles. The second kappa shape index (κ2) is 6.29. The maximum absolute atomic E-state index is 12.3. The van der Waals surface area contributed by atoms with Gasteiger partial charge in [0.2, 0.25) is 5.28 Å². The molecule has 7 nitrogen and oxygen atoms in total. The molecule has 2 aromatic rings. The van der Waals surface area contributed by atoms with Crippen molar-refractivity contribution < 1.29 is 9.53 Å². The van der Waals surface area contributed by atoms with Gasteiger partial charge in [-0.1, -0.05) is 12.8 Å². The number of halogens is 1. The molecule has 132 valence electrons. The minimum Gasteiger partial charge on any atom is -0.461 e. The van der Waals surface area contributed by atoms with Crippen molar-refractivity contribution in [3.8, 4) is 5.69 Å². The van der Waals surface area contributed by atoms with Crippen LogP contribution in [0.2, 0.25) is 5.28 Å². The molecule has 0 saturated heterocycles. The standard InChI is InChI=1S/C17H20ClN5O2/c1-3-25-16(24)13-14-10(2)23(11-6-4-5-7-11)15-12(22(14)9-20-13)8-19-17(18)21-15/h8-11H,3-7H2,1-2H3. The molecule has 1 saturated carbocycles. The fourth-order valence-electron chi connectivity index (χ4n) is 4.00. The van der Waals surface area contributed by atoms with Crippen molar-refractivity contribution in [2.75, 3.05) is 11.5 Å². The molecular formula is C17H20ClN5O2. The topological polar surface area (TPSA) is 73.1 Å². The van der Waals surface area contributed by atoms with Crippen molar-refractivity contribution in [1.29, 1.82) is 0 Å². The molecule has 0 bridgehead atoms. The molecule has 0 N–H and O–H groups in total. The molecule has 0 spiro atoms. The fourth-order valence-corrected chi connectivity index (χ4v) is 4.13. The number of ether oxygens (including phenoxy) is 1. The van der Waals surface area contributed by atoms with Crippen LogP contribution in [0.5, 0.6) is 0 Å². The maximum Gasteiger partial charge on any atom is 0.358 e. The monoisotopic (exact) mass is 361 g/mol. The first-order valence-corrected chi connectivity index (χ1v) is 9.05. The van der Waals surface area contributed by atoms with Crippen LogP contribution in [0, 0.1) is 0 Å². The Balaban J connectivity index is 1.88. The van der Waals surface area contributed by atoms with Gasteiger partial charge in [0.25, 0.3) is 0 Å². The summed E-state index contributed by atoms with van der Waals surface area (Å²) in [6.07, 6.45) is 7.94. The maximum atomic E-state index is 12.3. The Hall–Kier alpha value is -2.15. The molecule has 0 amide bonds. The summed E-state index contributed by atoms with van der Waals surface area (Å²) >= 11 is 6.07. The third-order valence-electron chi connectivity index (χ3n) is 5.03. The molecule has 3 heterocycles. The van der Waals surface area contributed by atoms with Gasteiger partial charge in [-0.3, -0.25) is 4.57 Å². The van der Waals surface area contributed by atoms with Crippen LogP contribution in [0.4, 0.5) is 5.82 Å². The predicted octanol–water partition coefficient (Wildman–Crippen LogP) is 3.32. The molecule has 4 rings (SSSR count). The van der Waals surface area contributed by atoms with E-state index < -0.39 is 5.97 Å². The van der Waals surface area contributed by atoms with Crippen molar-refractivity contribution in [1.82, 2.24) is 19.5 Å². The number of carbonyl (C=O) groups excluding carboxylic acids is 1. The summed E-state index contributed by atoms with van der Waals surface area (Å²) in [4.78, 5) is 27.6. The van der Waals surface area contributed by atoms with Crippen LogP contribution in [0.3, 0.4) is 0 Å². The van der Waals surface area contributed by atoms with Crippen LogP contribution in [-0.4, -0.2) is 38.1 Å². The van der Waals surface area contributed by atoms with E-state index in [1.54, 1.807) is 19.4 Å². The highest BCUT2D eigenvalue weighted by Gasteiger charge is 2.39. The molecule has 25 heavy (non-hydrogen) atoms. The number of nitrogens with zero attached hydrogens (tertiary/aromatic N) is 5. The van der Waals surface area contributed by atoms with E-state index in [0.717, 1.165) is 30.0 Å². The first kappa shape index (κ1) is 16.3. The van der Waals surface area contributed by atoms with E-state index >= 15 is 0 Å². The number of fused-ring (bicyclic) bond motifs is 3. The zero-order valence-corrected chi connectivity index (χ0v) is 15.0. The Morgan fingerprint density at radius 2 is 2.12 bits per heavy atom. The lowest BCUT2D eigenvalue weighted by molar-refractivity contribution is 0.0518. The van der Waals surface area contributed by atoms with Crippen LogP contribution in [0.1, 0.15) is 61.8 Å². The Kier molecular flexibility index (Phi) is 4.11. The van der Waals surface area contributed by atoms with Gasteiger partial charge in [0.15, 0.2) is 11.5 Å². The van der Waals surface area contributed by atoms with Crippen molar-refractivity contribution >= 4 is 23.4 Å². The number of rotatable bonds is 3. The zero-order valence-electron chi connectivity index (χ0n) is 14.3. The Bertz CT molecular complexity index is 815. The van der Waals surface area contributed by atoms with E-state index in [1.165, 1.54) is 12.8 Å². The summed E-state index contributed by atoms with van der Waals surface area (Å²) in [6.45, 7) is 4.19. The largest absolute Gasteiger partial charge is 0.461 e. The minimum atomic E-state index is -0.396. The van der Waals surface area contributed by atoms with E-state index in [9.17, 15) is 4.79 Å². The highest BCUT2D eigenvalue weighted by molar-refractivity contribution is 6.28. The first-order valence-electron chi connectivity index (χ1n) is 8.67. The smallest absolute Gasteiger partial charge is 0.358 e. The number of aromatic nitrogens is 4. The summed E-state index contributed by atoms with van der Waals surface area (Å²) in [5.41, 5.74) is 1.98. The zero-order chi connectivity index (χ0) is 17.6. The molecule has 0 aromatic carbocycles. The number of imidazole rings is 1. The van der Waals surface area contributed by atoms with Crippen molar-refractivity contribution in [2.45, 2.75) is 51.6 Å². The Morgan fingerprint density at radius 1 is 1.36 bits per heavy atom. The van der Waals surface area contributed by atoms with Gasteiger partial charge in [0.1, 0.15) is 12.0 Å². The van der Waals surface area contributed by atoms with Crippen LogP contribution < -0.4 is 4.90 Å². The first-order chi connectivity index (χ1) is 12.1. The third-order valence-corrected chi connectivity index (χ3v) is 5.21. The lowest BCUT2D eigenvalue weighted by atomic mass is 10.0. The Labute approximate surface area is 151 Å². The molecule has 1 unspecified atom stereocenters. The van der Waals surface area contributed by atoms with E-state index in [0.29, 0.717) is 18.3 Å². The van der Waals surface area contributed by atoms with E-state index in [1.807, 2.05) is 4.57 Å². The summed E-state index contributed by atoms with van der Waals surface area (Å²) in [5, 5.41) is 0.225. The molecule has 2 aliphatic rings. The highest BCUT2D eigenvalue weighted by Crippen LogP contribution is 2.43. The molecular weight excluding hydrogens is 342 g/mol. The van der Waals surface area contributed by atoms with Gasteiger partial charge in [-0.15, -0.1) is 0 Å². The van der Waals surface area contributed by atoms with Gasteiger partial charge in [-0.05, 0) is 38.3 Å². The quantitative estimate of drug-likeness (QED) is 0.616. The number of carbonyl (C=O) groups is 1. The fraction of sp³-hybridized carbons (Fsp3) is 0.529. The second-order valence-corrected chi connectivity index (χ2v) is 6.78. The second-order valence-electron chi connectivity index (χ2n) is 6.44. The van der Waals surface area contributed by atoms with Gasteiger partial charge in [0, 0.05) is 6.04 Å². The Morgan fingerprint density at radius 3 is 2.84 bits per heavy atom. The van der Waals surface area contributed by atoms with Crippen LogP contribution in [-0.2, 0) is 4.74 Å². The van der Waals surface area contributed by atoms with Crippen LogP contribution in [0.25, 0.3) is 5.69 Å². The SMILES string of the molecule is CCOC(=O)c1ncn2c1C(C)N(C1CCCC1)c1nc(Cl)ncc1-2. The number of hydrogen-bond donors (Lipinski definition) is 0. The van der Waals surface area contributed by atoms with Gasteiger partial charge in [0.05, 0.1) is 24.5 Å². The van der Waals surface area contributed by atoms with Crippen LogP contribution >= 0.6 is 11.6 Å². The highest BCUT2D eigenvalue weighted by atomic mass is 35.5. The van der Waals surface area contributed by atoms with Crippen molar-refractivity contribution in [2.24, 2.45) is 0 Å². The molecule has 0 radical (unpaired) electrons. The number of anilines is 1. The van der Waals surface area contributed by atoms with Gasteiger partial charge >= 0.3 is 5.97 Å². The molecule has 2 aromatic heterocycles. The van der Waals surface area contributed by atoms with Gasteiger partial charge < -0.3 is 9.64 Å². The normalized spacial score (nSPS) is 19.6. The predicted molar refractivity (Wildman–Crippen MR) is 93.3 cm³/mol. The van der Waals surface area contributed by atoms with Gasteiger partial charge in [-0.2, -0.15) is 4.98 Å².